The third-order valence-electron chi connectivity index (χ3n) is 1.44. The van der Waals surface area contributed by atoms with Gasteiger partial charge < -0.3 is 10.1 Å². The van der Waals surface area contributed by atoms with Crippen LogP contribution in [0, 0.1) is 0 Å². The smallest absolute Gasteiger partial charge is 0.321 e. The first kappa shape index (κ1) is 13.2. The Hall–Kier alpha value is -0.810. The summed E-state index contributed by atoms with van der Waals surface area (Å²) >= 11 is 5.19. The number of alkyl halides is 1. The Morgan fingerprint density at radius 1 is 1.36 bits per heavy atom. The molecule has 5 nitrogen and oxygen atoms in total. The van der Waals surface area contributed by atoms with Gasteiger partial charge in [-0.2, -0.15) is 0 Å². The second-order valence-electron chi connectivity index (χ2n) is 2.64. The molecule has 0 rings (SSSR count). The molecule has 0 radical (unpaired) electrons. The molecule has 0 saturated heterocycles. The van der Waals surface area contributed by atoms with Gasteiger partial charge in [0.2, 0.25) is 5.91 Å². The second-order valence-corrected chi connectivity index (χ2v) is 2.90. The lowest BCUT2D eigenvalue weighted by molar-refractivity contribution is -0.117. The first-order valence-corrected chi connectivity index (χ1v) is 4.86. The summed E-state index contributed by atoms with van der Waals surface area (Å²) in [6, 6.07) is -0.506. The molecule has 0 aromatic rings. The van der Waals surface area contributed by atoms with Gasteiger partial charge in [-0.05, 0) is 12.8 Å². The molecular formula is C8H15ClN2O3. The number of nitrogens with one attached hydrogen (secondary N) is 2. The minimum atomic E-state index is -0.506. The number of urea groups is 1. The van der Waals surface area contributed by atoms with E-state index < -0.39 is 11.9 Å². The van der Waals surface area contributed by atoms with Gasteiger partial charge in [-0.3, -0.25) is 10.1 Å². The van der Waals surface area contributed by atoms with Crippen molar-refractivity contribution in [3.8, 4) is 0 Å². The van der Waals surface area contributed by atoms with Crippen molar-refractivity contribution in [2.45, 2.75) is 12.8 Å². The summed E-state index contributed by atoms with van der Waals surface area (Å²) < 4.78 is 4.83. The number of carbonyl (C=O) groups excluding carboxylic acids is 2. The Labute approximate surface area is 88.1 Å². The third-order valence-corrected chi connectivity index (χ3v) is 1.68. The number of carbonyl (C=O) groups is 2. The molecule has 0 saturated carbocycles. The van der Waals surface area contributed by atoms with Crippen LogP contribution in [-0.4, -0.2) is 38.1 Å². The molecule has 3 amide bonds. The van der Waals surface area contributed by atoms with Gasteiger partial charge in [0.1, 0.15) is 5.88 Å². The number of halogens is 1. The van der Waals surface area contributed by atoms with Crippen LogP contribution in [-0.2, 0) is 9.53 Å². The van der Waals surface area contributed by atoms with Crippen molar-refractivity contribution in [2.24, 2.45) is 0 Å². The van der Waals surface area contributed by atoms with Crippen LogP contribution < -0.4 is 10.6 Å². The van der Waals surface area contributed by atoms with Crippen LogP contribution >= 0.6 is 11.6 Å². The SMILES string of the molecule is COCCCCNC(=O)NC(=O)CCl. The van der Waals surface area contributed by atoms with E-state index in [1.165, 1.54) is 0 Å². The molecule has 0 aliphatic rings. The number of hydrogen-bond acceptors (Lipinski definition) is 3. The van der Waals surface area contributed by atoms with Gasteiger partial charge in [-0.1, -0.05) is 0 Å². The molecule has 0 aromatic carbocycles. The summed E-state index contributed by atoms with van der Waals surface area (Å²) in [6.45, 7) is 1.19. The first-order chi connectivity index (χ1) is 6.70. The zero-order chi connectivity index (χ0) is 10.8. The molecule has 14 heavy (non-hydrogen) atoms. The standard InChI is InChI=1S/C8H15ClN2O3/c1-14-5-3-2-4-10-8(13)11-7(12)6-9/h2-6H2,1H3,(H2,10,11,12,13). The van der Waals surface area contributed by atoms with E-state index in [1.807, 2.05) is 0 Å². The molecule has 82 valence electrons. The van der Waals surface area contributed by atoms with Crippen molar-refractivity contribution in [1.29, 1.82) is 0 Å². The lowest BCUT2D eigenvalue weighted by Crippen LogP contribution is -2.40. The molecule has 0 aliphatic heterocycles. The Bertz CT molecular complexity index is 187. The average molecular weight is 223 g/mol. The Kier molecular flexibility index (Phi) is 8.27. The molecule has 0 aromatic heterocycles. The van der Waals surface area contributed by atoms with Crippen molar-refractivity contribution in [3.63, 3.8) is 0 Å². The van der Waals surface area contributed by atoms with E-state index in [9.17, 15) is 9.59 Å². The molecule has 0 atom stereocenters. The Morgan fingerprint density at radius 2 is 2.07 bits per heavy atom. The lowest BCUT2D eigenvalue weighted by atomic mass is 10.3. The number of hydrogen-bond donors (Lipinski definition) is 2. The maximum absolute atomic E-state index is 10.9. The highest BCUT2D eigenvalue weighted by Crippen LogP contribution is 1.86. The Morgan fingerprint density at radius 3 is 2.64 bits per heavy atom. The molecule has 0 aliphatic carbocycles. The minimum Gasteiger partial charge on any atom is -0.385 e. The lowest BCUT2D eigenvalue weighted by Gasteiger charge is -2.04. The number of amides is 3. The van der Waals surface area contributed by atoms with Crippen molar-refractivity contribution in [1.82, 2.24) is 10.6 Å². The average Bonchev–Trinajstić information content (AvgIpc) is 2.17. The number of imide groups is 1. The van der Waals surface area contributed by atoms with Gasteiger partial charge in [-0.15, -0.1) is 11.6 Å². The fourth-order valence-electron chi connectivity index (χ4n) is 0.778. The number of methoxy groups -OCH3 is 1. The van der Waals surface area contributed by atoms with Crippen LogP contribution in [0.25, 0.3) is 0 Å². The maximum atomic E-state index is 10.9. The number of unbranched alkanes of at least 4 members (excludes halogenated alkanes) is 1. The number of rotatable bonds is 6. The molecule has 0 fully saturated rings. The fourth-order valence-corrected chi connectivity index (χ4v) is 0.844. The quantitative estimate of drug-likeness (QED) is 0.507. The summed E-state index contributed by atoms with van der Waals surface area (Å²) in [6.07, 6.45) is 1.69. The van der Waals surface area contributed by atoms with Crippen LogP contribution in [0.4, 0.5) is 4.79 Å². The van der Waals surface area contributed by atoms with Crippen LogP contribution in [0.15, 0.2) is 0 Å². The second kappa shape index (κ2) is 8.77. The molecule has 2 N–H and O–H groups in total. The van der Waals surface area contributed by atoms with E-state index in [-0.39, 0.29) is 5.88 Å². The monoisotopic (exact) mass is 222 g/mol. The predicted octanol–water partition coefficient (Wildman–Crippen LogP) is 0.478. The summed E-state index contributed by atoms with van der Waals surface area (Å²) in [5.41, 5.74) is 0. The summed E-state index contributed by atoms with van der Waals surface area (Å²) in [4.78, 5) is 21.5. The predicted molar refractivity (Wildman–Crippen MR) is 53.4 cm³/mol. The molecule has 0 unspecified atom stereocenters. The highest BCUT2D eigenvalue weighted by Gasteiger charge is 2.04. The van der Waals surface area contributed by atoms with Crippen LogP contribution in [0.3, 0.4) is 0 Å². The van der Waals surface area contributed by atoms with Crippen molar-refractivity contribution < 1.29 is 14.3 Å². The summed E-state index contributed by atoms with van der Waals surface area (Å²) in [5.74, 6) is -0.710. The zero-order valence-electron chi connectivity index (χ0n) is 8.14. The summed E-state index contributed by atoms with van der Waals surface area (Å²) in [5, 5.41) is 4.59. The van der Waals surface area contributed by atoms with Crippen LogP contribution in [0.2, 0.25) is 0 Å². The minimum absolute atomic E-state index is 0.211. The normalized spacial score (nSPS) is 9.57. The zero-order valence-corrected chi connectivity index (χ0v) is 8.89. The molecule has 0 spiro atoms. The van der Waals surface area contributed by atoms with Gasteiger partial charge >= 0.3 is 6.03 Å². The van der Waals surface area contributed by atoms with E-state index >= 15 is 0 Å². The maximum Gasteiger partial charge on any atom is 0.321 e. The fraction of sp³-hybridized carbons (Fsp3) is 0.750. The summed E-state index contributed by atoms with van der Waals surface area (Å²) in [7, 11) is 1.62. The largest absolute Gasteiger partial charge is 0.385 e. The van der Waals surface area contributed by atoms with E-state index in [4.69, 9.17) is 16.3 Å². The van der Waals surface area contributed by atoms with Crippen LogP contribution in [0.1, 0.15) is 12.8 Å². The van der Waals surface area contributed by atoms with E-state index in [1.54, 1.807) is 7.11 Å². The van der Waals surface area contributed by atoms with E-state index in [0.717, 1.165) is 12.8 Å². The molecular weight excluding hydrogens is 208 g/mol. The van der Waals surface area contributed by atoms with Crippen molar-refractivity contribution >= 4 is 23.5 Å². The van der Waals surface area contributed by atoms with Gasteiger partial charge in [0.05, 0.1) is 0 Å². The Balaban J connectivity index is 3.31. The highest BCUT2D eigenvalue weighted by atomic mass is 35.5. The number of ether oxygens (including phenoxy) is 1. The van der Waals surface area contributed by atoms with E-state index in [0.29, 0.717) is 13.2 Å². The topological polar surface area (TPSA) is 67.4 Å². The van der Waals surface area contributed by atoms with Gasteiger partial charge in [-0.25, -0.2) is 4.79 Å². The van der Waals surface area contributed by atoms with Gasteiger partial charge in [0.25, 0.3) is 0 Å². The van der Waals surface area contributed by atoms with Crippen molar-refractivity contribution in [3.05, 3.63) is 0 Å². The van der Waals surface area contributed by atoms with Crippen LogP contribution in [0.5, 0.6) is 0 Å². The molecule has 6 heteroatoms. The van der Waals surface area contributed by atoms with E-state index in [2.05, 4.69) is 10.6 Å². The molecule has 0 bridgehead atoms. The molecule has 0 heterocycles. The third kappa shape index (κ3) is 7.82. The van der Waals surface area contributed by atoms with Gasteiger partial charge in [0, 0.05) is 20.3 Å². The van der Waals surface area contributed by atoms with Gasteiger partial charge in [0.15, 0.2) is 0 Å². The van der Waals surface area contributed by atoms with Crippen molar-refractivity contribution in [2.75, 3.05) is 26.1 Å². The highest BCUT2D eigenvalue weighted by molar-refractivity contribution is 6.28. The first-order valence-electron chi connectivity index (χ1n) is 4.33.